The number of carbonyl (C=O) groups is 2. The predicted molar refractivity (Wildman–Crippen MR) is 97.2 cm³/mol. The lowest BCUT2D eigenvalue weighted by molar-refractivity contribution is 0.0693. The van der Waals surface area contributed by atoms with Gasteiger partial charge in [0.25, 0.3) is 0 Å². The standard InChI is InChI=1S/C20H22N2O4/c1-26-17-10-7-13(11-16(17)19(23)24)12-21-20(25)22-18(15-8-9-15)14-5-3-2-4-6-14/h2-7,10-11,15,18H,8-9,12H2,1H3,(H,23,24)(H2,21,22,25)/t18-/m1/s1. The molecule has 0 heterocycles. The highest BCUT2D eigenvalue weighted by atomic mass is 16.5. The lowest BCUT2D eigenvalue weighted by Gasteiger charge is -2.19. The number of rotatable bonds is 7. The van der Waals surface area contributed by atoms with Crippen LogP contribution in [-0.2, 0) is 6.54 Å². The highest BCUT2D eigenvalue weighted by Gasteiger charge is 2.33. The number of carboxylic acid groups (broad SMARTS) is 1. The third kappa shape index (κ3) is 4.33. The third-order valence-corrected chi connectivity index (χ3v) is 4.49. The molecule has 1 fully saturated rings. The molecule has 26 heavy (non-hydrogen) atoms. The Balaban J connectivity index is 1.62. The maximum Gasteiger partial charge on any atom is 0.339 e. The summed E-state index contributed by atoms with van der Waals surface area (Å²) in [5.41, 5.74) is 1.87. The van der Waals surface area contributed by atoms with Gasteiger partial charge in [0.2, 0.25) is 0 Å². The maximum absolute atomic E-state index is 12.3. The average molecular weight is 354 g/mol. The van der Waals surface area contributed by atoms with Crippen molar-refractivity contribution < 1.29 is 19.4 Å². The van der Waals surface area contributed by atoms with E-state index in [9.17, 15) is 14.7 Å². The van der Waals surface area contributed by atoms with Crippen molar-refractivity contribution in [2.45, 2.75) is 25.4 Å². The molecule has 6 heteroatoms. The summed E-state index contributed by atoms with van der Waals surface area (Å²) >= 11 is 0. The van der Waals surface area contributed by atoms with Gasteiger partial charge in [0.05, 0.1) is 13.2 Å². The van der Waals surface area contributed by atoms with Crippen molar-refractivity contribution in [3.05, 3.63) is 65.2 Å². The van der Waals surface area contributed by atoms with E-state index in [4.69, 9.17) is 4.74 Å². The SMILES string of the molecule is COc1ccc(CNC(=O)N[C@H](c2ccccc2)C2CC2)cc1C(=O)O. The van der Waals surface area contributed by atoms with Crippen LogP contribution in [0.15, 0.2) is 48.5 Å². The van der Waals surface area contributed by atoms with Crippen molar-refractivity contribution in [1.29, 1.82) is 0 Å². The number of aromatic carboxylic acids is 1. The summed E-state index contributed by atoms with van der Waals surface area (Å²) in [5.74, 6) is -0.294. The molecule has 3 rings (SSSR count). The summed E-state index contributed by atoms with van der Waals surface area (Å²) in [4.78, 5) is 23.6. The molecule has 1 saturated carbocycles. The Hall–Kier alpha value is -3.02. The van der Waals surface area contributed by atoms with Crippen molar-refractivity contribution in [2.75, 3.05) is 7.11 Å². The van der Waals surface area contributed by atoms with E-state index in [0.29, 0.717) is 17.2 Å². The largest absolute Gasteiger partial charge is 0.496 e. The predicted octanol–water partition coefficient (Wildman–Crippen LogP) is 3.34. The van der Waals surface area contributed by atoms with E-state index in [1.807, 2.05) is 30.3 Å². The summed E-state index contributed by atoms with van der Waals surface area (Å²) in [6, 6.07) is 14.5. The number of nitrogens with one attached hydrogen (secondary N) is 2. The lowest BCUT2D eigenvalue weighted by atomic mass is 10.0. The molecule has 1 aliphatic rings. The van der Waals surface area contributed by atoms with Crippen molar-refractivity contribution in [3.8, 4) is 5.75 Å². The number of hydrogen-bond acceptors (Lipinski definition) is 3. The van der Waals surface area contributed by atoms with Crippen LogP contribution in [0.2, 0.25) is 0 Å². The Kier molecular flexibility index (Phi) is 5.41. The minimum absolute atomic E-state index is 0.00153. The van der Waals surface area contributed by atoms with Gasteiger partial charge in [-0.05, 0) is 42.0 Å². The molecule has 2 amide bonds. The first kappa shape index (κ1) is 17.8. The molecular weight excluding hydrogens is 332 g/mol. The second-order valence-corrected chi connectivity index (χ2v) is 6.39. The summed E-state index contributed by atoms with van der Waals surface area (Å²) in [7, 11) is 1.43. The number of carbonyl (C=O) groups excluding carboxylic acids is 1. The molecule has 136 valence electrons. The number of ether oxygens (including phenoxy) is 1. The molecule has 6 nitrogen and oxygen atoms in total. The molecule has 1 atom stereocenters. The average Bonchev–Trinajstić information content (AvgIpc) is 3.50. The smallest absolute Gasteiger partial charge is 0.339 e. The first-order valence-corrected chi connectivity index (χ1v) is 8.58. The van der Waals surface area contributed by atoms with Gasteiger partial charge in [-0.1, -0.05) is 36.4 Å². The fourth-order valence-corrected chi connectivity index (χ4v) is 2.97. The van der Waals surface area contributed by atoms with Gasteiger partial charge in [-0.3, -0.25) is 0 Å². The van der Waals surface area contributed by atoms with Gasteiger partial charge in [0, 0.05) is 6.54 Å². The fourth-order valence-electron chi connectivity index (χ4n) is 2.97. The Morgan fingerprint density at radius 3 is 2.54 bits per heavy atom. The van der Waals surface area contributed by atoms with Crippen molar-refractivity contribution >= 4 is 12.0 Å². The molecule has 0 bridgehead atoms. The zero-order valence-electron chi connectivity index (χ0n) is 14.6. The fraction of sp³-hybridized carbons (Fsp3) is 0.300. The minimum Gasteiger partial charge on any atom is -0.496 e. The van der Waals surface area contributed by atoms with E-state index in [0.717, 1.165) is 18.4 Å². The molecule has 2 aromatic rings. The molecule has 1 aliphatic carbocycles. The van der Waals surface area contributed by atoms with Crippen LogP contribution in [0.4, 0.5) is 4.79 Å². The molecule has 0 radical (unpaired) electrons. The van der Waals surface area contributed by atoms with Crippen molar-refractivity contribution in [2.24, 2.45) is 5.92 Å². The molecule has 0 unspecified atom stereocenters. The van der Waals surface area contributed by atoms with Gasteiger partial charge >= 0.3 is 12.0 Å². The minimum atomic E-state index is -1.06. The van der Waals surface area contributed by atoms with Crippen molar-refractivity contribution in [1.82, 2.24) is 10.6 Å². The van der Waals surface area contributed by atoms with Crippen LogP contribution in [0.1, 0.15) is 40.4 Å². The van der Waals surface area contributed by atoms with E-state index in [-0.39, 0.29) is 24.2 Å². The number of hydrogen-bond donors (Lipinski definition) is 3. The Morgan fingerprint density at radius 1 is 1.19 bits per heavy atom. The number of benzene rings is 2. The normalized spacial score (nSPS) is 14.3. The molecule has 3 N–H and O–H groups in total. The summed E-state index contributed by atoms with van der Waals surface area (Å²) in [6.45, 7) is 0.238. The lowest BCUT2D eigenvalue weighted by Crippen LogP contribution is -2.38. The van der Waals surface area contributed by atoms with E-state index in [1.165, 1.54) is 13.2 Å². The van der Waals surface area contributed by atoms with E-state index >= 15 is 0 Å². The second-order valence-electron chi connectivity index (χ2n) is 6.39. The summed E-state index contributed by atoms with van der Waals surface area (Å²) < 4.78 is 5.04. The zero-order chi connectivity index (χ0) is 18.5. The van der Waals surface area contributed by atoms with Crippen molar-refractivity contribution in [3.63, 3.8) is 0 Å². The molecule has 0 aromatic heterocycles. The Labute approximate surface area is 152 Å². The number of urea groups is 1. The van der Waals surface area contributed by atoms with Crippen LogP contribution in [0.25, 0.3) is 0 Å². The molecule has 2 aromatic carbocycles. The van der Waals surface area contributed by atoms with E-state index < -0.39 is 5.97 Å². The van der Waals surface area contributed by atoms with Gasteiger partial charge < -0.3 is 20.5 Å². The maximum atomic E-state index is 12.3. The highest BCUT2D eigenvalue weighted by molar-refractivity contribution is 5.91. The summed E-state index contributed by atoms with van der Waals surface area (Å²) in [5, 5.41) is 15.1. The first-order chi connectivity index (χ1) is 12.6. The van der Waals surface area contributed by atoms with Gasteiger partial charge in [-0.2, -0.15) is 0 Å². The monoisotopic (exact) mass is 354 g/mol. The van der Waals surface area contributed by atoms with Crippen LogP contribution in [0.3, 0.4) is 0 Å². The Morgan fingerprint density at radius 2 is 1.92 bits per heavy atom. The van der Waals surface area contributed by atoms with Gasteiger partial charge in [-0.25, -0.2) is 9.59 Å². The number of carboxylic acids is 1. The van der Waals surface area contributed by atoms with Crippen LogP contribution >= 0.6 is 0 Å². The van der Waals surface area contributed by atoms with Gasteiger partial charge in [0.1, 0.15) is 11.3 Å². The second kappa shape index (κ2) is 7.91. The van der Waals surface area contributed by atoms with E-state index in [1.54, 1.807) is 12.1 Å². The highest BCUT2D eigenvalue weighted by Crippen LogP contribution is 2.40. The number of methoxy groups -OCH3 is 1. The quantitative estimate of drug-likeness (QED) is 0.711. The zero-order valence-corrected chi connectivity index (χ0v) is 14.6. The number of amides is 2. The van der Waals surface area contributed by atoms with Crippen LogP contribution in [0.5, 0.6) is 5.75 Å². The molecule has 0 saturated heterocycles. The van der Waals surface area contributed by atoms with E-state index in [2.05, 4.69) is 10.6 Å². The van der Waals surface area contributed by atoms with Crippen LogP contribution in [-0.4, -0.2) is 24.2 Å². The molecule has 0 spiro atoms. The Bertz CT molecular complexity index is 788. The topological polar surface area (TPSA) is 87.7 Å². The third-order valence-electron chi connectivity index (χ3n) is 4.49. The first-order valence-electron chi connectivity index (χ1n) is 8.58. The van der Waals surface area contributed by atoms with Crippen LogP contribution < -0.4 is 15.4 Å². The molecular formula is C20H22N2O4. The summed E-state index contributed by atoms with van der Waals surface area (Å²) in [6.07, 6.45) is 2.22. The molecule has 0 aliphatic heterocycles. The van der Waals surface area contributed by atoms with Gasteiger partial charge in [-0.15, -0.1) is 0 Å². The van der Waals surface area contributed by atoms with Gasteiger partial charge in [0.15, 0.2) is 0 Å². The van der Waals surface area contributed by atoms with Crippen LogP contribution in [0, 0.1) is 5.92 Å².